The van der Waals surface area contributed by atoms with Gasteiger partial charge in [0.05, 0.1) is 11.4 Å². The number of thiazole rings is 1. The molecule has 3 heterocycles. The quantitative estimate of drug-likeness (QED) is 0.553. The fraction of sp³-hybridized carbons (Fsp3) is 0.263. The number of aromatic nitrogens is 2. The number of rotatable bonds is 6. The molecule has 8 nitrogen and oxygen atoms in total. The first-order chi connectivity index (χ1) is 13.9. The van der Waals surface area contributed by atoms with E-state index in [4.69, 9.17) is 0 Å². The Morgan fingerprint density at radius 3 is 2.69 bits per heavy atom. The number of nitrogens with zero attached hydrogens (tertiary/aromatic N) is 2. The third-order valence-electron chi connectivity index (χ3n) is 4.58. The van der Waals surface area contributed by atoms with Gasteiger partial charge in [-0.3, -0.25) is 9.52 Å². The monoisotopic (exact) mass is 431 g/mol. The summed E-state index contributed by atoms with van der Waals surface area (Å²) in [4.78, 5) is 21.3. The van der Waals surface area contributed by atoms with Crippen molar-refractivity contribution in [3.8, 4) is 0 Å². The van der Waals surface area contributed by atoms with Crippen LogP contribution in [0.2, 0.25) is 0 Å². The van der Waals surface area contributed by atoms with Crippen LogP contribution in [-0.2, 0) is 10.0 Å². The van der Waals surface area contributed by atoms with Crippen LogP contribution in [-0.4, -0.2) is 42.3 Å². The van der Waals surface area contributed by atoms with Gasteiger partial charge >= 0.3 is 0 Å². The summed E-state index contributed by atoms with van der Waals surface area (Å²) in [5, 5.41) is 5.82. The lowest BCUT2D eigenvalue weighted by Gasteiger charge is -2.13. The number of nitrogens with one attached hydrogen (secondary N) is 3. The van der Waals surface area contributed by atoms with E-state index in [0.29, 0.717) is 18.8 Å². The maximum Gasteiger partial charge on any atom is 0.270 e. The van der Waals surface area contributed by atoms with Crippen molar-refractivity contribution in [1.29, 1.82) is 0 Å². The smallest absolute Gasteiger partial charge is 0.270 e. The van der Waals surface area contributed by atoms with Crippen molar-refractivity contribution in [2.45, 2.75) is 24.7 Å². The minimum atomic E-state index is -3.83. The van der Waals surface area contributed by atoms with Crippen molar-refractivity contribution in [1.82, 2.24) is 14.9 Å². The van der Waals surface area contributed by atoms with Gasteiger partial charge in [0.25, 0.3) is 15.9 Å². The first-order valence-corrected chi connectivity index (χ1v) is 11.6. The van der Waals surface area contributed by atoms with Gasteiger partial charge in [-0.25, -0.2) is 13.4 Å². The Morgan fingerprint density at radius 2 is 1.97 bits per heavy atom. The Bertz CT molecular complexity index is 1130. The summed E-state index contributed by atoms with van der Waals surface area (Å²) in [6.07, 6.45) is 3.29. The second kappa shape index (κ2) is 7.88. The van der Waals surface area contributed by atoms with Crippen molar-refractivity contribution in [2.24, 2.45) is 0 Å². The SMILES string of the molecule is Cc1csc(Nc2cccc(NS(=O)(=O)c3c[nH]c(C(=O)N4CCCC4)c3)c2)n1. The Kier molecular flexibility index (Phi) is 5.29. The average Bonchev–Trinajstić information content (AvgIpc) is 3.43. The summed E-state index contributed by atoms with van der Waals surface area (Å²) < 4.78 is 28.0. The average molecular weight is 432 g/mol. The van der Waals surface area contributed by atoms with Gasteiger partial charge in [-0.2, -0.15) is 0 Å². The summed E-state index contributed by atoms with van der Waals surface area (Å²) in [6.45, 7) is 3.32. The van der Waals surface area contributed by atoms with Crippen LogP contribution >= 0.6 is 11.3 Å². The third-order valence-corrected chi connectivity index (χ3v) is 6.81. The fourth-order valence-electron chi connectivity index (χ4n) is 3.15. The van der Waals surface area contributed by atoms with Crippen molar-refractivity contribution >= 4 is 43.8 Å². The highest BCUT2D eigenvalue weighted by molar-refractivity contribution is 7.92. The number of hydrogen-bond donors (Lipinski definition) is 3. The molecule has 0 bridgehead atoms. The second-order valence-electron chi connectivity index (χ2n) is 6.85. The minimum absolute atomic E-state index is 0.0222. The second-order valence-corrected chi connectivity index (χ2v) is 9.39. The molecule has 1 aromatic carbocycles. The summed E-state index contributed by atoms with van der Waals surface area (Å²) >= 11 is 1.48. The first-order valence-electron chi connectivity index (χ1n) is 9.20. The molecule has 0 unspecified atom stereocenters. The largest absolute Gasteiger partial charge is 0.356 e. The molecule has 2 aromatic heterocycles. The van der Waals surface area contributed by atoms with Gasteiger partial charge in [-0.15, -0.1) is 11.3 Å². The van der Waals surface area contributed by atoms with Crippen LogP contribution in [0.15, 0.2) is 46.8 Å². The van der Waals surface area contributed by atoms with E-state index in [9.17, 15) is 13.2 Å². The molecule has 4 rings (SSSR count). The van der Waals surface area contributed by atoms with Crippen LogP contribution < -0.4 is 10.0 Å². The van der Waals surface area contributed by atoms with Gasteiger partial charge in [-0.1, -0.05) is 6.07 Å². The van der Waals surface area contributed by atoms with E-state index in [-0.39, 0.29) is 16.5 Å². The molecule has 1 aliphatic rings. The molecule has 3 N–H and O–H groups in total. The van der Waals surface area contributed by atoms with Gasteiger partial charge in [0.1, 0.15) is 10.6 Å². The highest BCUT2D eigenvalue weighted by atomic mass is 32.2. The molecule has 0 radical (unpaired) electrons. The Morgan fingerprint density at radius 1 is 1.21 bits per heavy atom. The molecule has 0 saturated carbocycles. The standard InChI is InChI=1S/C19H21N5O3S2/c1-13-12-28-19(21-13)22-14-5-4-6-15(9-14)23-29(26,27)16-10-17(20-11-16)18(25)24-7-2-3-8-24/h4-6,9-12,20,23H,2-3,7-8H2,1H3,(H,21,22). The van der Waals surface area contributed by atoms with E-state index in [1.54, 1.807) is 23.1 Å². The molecule has 1 amide bonds. The summed E-state index contributed by atoms with van der Waals surface area (Å²) in [7, 11) is -3.83. The Hall–Kier alpha value is -2.85. The fourth-order valence-corrected chi connectivity index (χ4v) is 4.90. The number of anilines is 3. The number of aryl methyl sites for hydroxylation is 1. The van der Waals surface area contributed by atoms with Gasteiger partial charge in [-0.05, 0) is 44.0 Å². The van der Waals surface area contributed by atoms with Crippen molar-refractivity contribution in [2.75, 3.05) is 23.1 Å². The topological polar surface area (TPSA) is 107 Å². The van der Waals surface area contributed by atoms with Crippen molar-refractivity contribution < 1.29 is 13.2 Å². The molecule has 0 aliphatic carbocycles. The first kappa shape index (κ1) is 19.5. The summed E-state index contributed by atoms with van der Waals surface area (Å²) in [5.41, 5.74) is 2.33. The molecule has 1 saturated heterocycles. The van der Waals surface area contributed by atoms with Crippen molar-refractivity contribution in [3.63, 3.8) is 0 Å². The predicted octanol–water partition coefficient (Wildman–Crippen LogP) is 3.56. The van der Waals surface area contributed by atoms with E-state index in [2.05, 4.69) is 20.0 Å². The number of amides is 1. The van der Waals surface area contributed by atoms with E-state index in [1.165, 1.54) is 23.6 Å². The lowest BCUT2D eigenvalue weighted by Crippen LogP contribution is -2.27. The molecule has 1 aliphatic heterocycles. The minimum Gasteiger partial charge on any atom is -0.356 e. The molecule has 0 atom stereocenters. The van der Waals surface area contributed by atoms with Crippen LogP contribution in [0.5, 0.6) is 0 Å². The van der Waals surface area contributed by atoms with Gasteiger partial charge in [0, 0.05) is 30.4 Å². The normalized spacial score (nSPS) is 14.2. The molecule has 152 valence electrons. The zero-order chi connectivity index (χ0) is 20.4. The molecule has 1 fully saturated rings. The molecule has 10 heteroatoms. The third kappa shape index (κ3) is 4.43. The number of aromatic amines is 1. The zero-order valence-electron chi connectivity index (χ0n) is 15.8. The number of carbonyl (C=O) groups is 1. The number of benzene rings is 1. The maximum absolute atomic E-state index is 12.7. The highest BCUT2D eigenvalue weighted by Gasteiger charge is 2.23. The van der Waals surface area contributed by atoms with Gasteiger partial charge in [0.2, 0.25) is 0 Å². The lowest BCUT2D eigenvalue weighted by atomic mass is 10.3. The number of carbonyl (C=O) groups excluding carboxylic acids is 1. The van der Waals surface area contributed by atoms with Crippen LogP contribution in [0.3, 0.4) is 0 Å². The number of hydrogen-bond acceptors (Lipinski definition) is 6. The van der Waals surface area contributed by atoms with E-state index in [0.717, 1.165) is 29.4 Å². The highest BCUT2D eigenvalue weighted by Crippen LogP contribution is 2.25. The number of likely N-dealkylation sites (tertiary alicyclic amines) is 1. The van der Waals surface area contributed by atoms with E-state index < -0.39 is 10.0 Å². The van der Waals surface area contributed by atoms with Crippen LogP contribution in [0.1, 0.15) is 29.0 Å². The molecule has 29 heavy (non-hydrogen) atoms. The van der Waals surface area contributed by atoms with E-state index in [1.807, 2.05) is 18.4 Å². The predicted molar refractivity (Wildman–Crippen MR) is 113 cm³/mol. The summed E-state index contributed by atoms with van der Waals surface area (Å²) in [6, 6.07) is 8.32. The van der Waals surface area contributed by atoms with Crippen molar-refractivity contribution in [3.05, 3.63) is 53.3 Å². The number of sulfonamides is 1. The van der Waals surface area contributed by atoms with Crippen LogP contribution in [0.4, 0.5) is 16.5 Å². The molecule has 3 aromatic rings. The Balaban J connectivity index is 1.48. The van der Waals surface area contributed by atoms with Crippen LogP contribution in [0, 0.1) is 6.92 Å². The van der Waals surface area contributed by atoms with E-state index >= 15 is 0 Å². The van der Waals surface area contributed by atoms with Gasteiger partial charge < -0.3 is 15.2 Å². The van der Waals surface area contributed by atoms with Crippen LogP contribution in [0.25, 0.3) is 0 Å². The Labute approximate surface area is 173 Å². The molecular weight excluding hydrogens is 410 g/mol. The number of H-pyrrole nitrogens is 1. The lowest BCUT2D eigenvalue weighted by molar-refractivity contribution is 0.0787. The zero-order valence-corrected chi connectivity index (χ0v) is 17.4. The van der Waals surface area contributed by atoms with Gasteiger partial charge in [0.15, 0.2) is 5.13 Å². The molecule has 0 spiro atoms. The summed E-state index contributed by atoms with van der Waals surface area (Å²) in [5.74, 6) is -0.172. The maximum atomic E-state index is 12.7. The molecular formula is C19H21N5O3S2.